The molecular weight excluding hydrogens is 398 g/mol. The minimum atomic E-state index is 0.482. The lowest BCUT2D eigenvalue weighted by Gasteiger charge is -2.15. The fourth-order valence-corrected chi connectivity index (χ4v) is 2.85. The Kier molecular flexibility index (Phi) is 6.06. The van der Waals surface area contributed by atoms with Crippen molar-refractivity contribution in [3.63, 3.8) is 0 Å². The molecule has 8 heteroatoms. The molecule has 0 atom stereocenters. The van der Waals surface area contributed by atoms with Crippen LogP contribution >= 0.6 is 15.9 Å². The molecule has 7 nitrogen and oxygen atoms in total. The highest BCUT2D eigenvalue weighted by Gasteiger charge is 2.12. The molecule has 1 aromatic heterocycles. The van der Waals surface area contributed by atoms with Crippen molar-refractivity contribution in [3.05, 3.63) is 58.1 Å². The van der Waals surface area contributed by atoms with Gasteiger partial charge in [0.05, 0.1) is 6.61 Å². The number of hydrogen-bond acceptors (Lipinski definition) is 6. The lowest BCUT2D eigenvalue weighted by molar-refractivity contribution is 0.269. The summed E-state index contributed by atoms with van der Waals surface area (Å²) in [4.78, 5) is 0. The number of aromatic nitrogens is 4. The third-order valence-electron chi connectivity index (χ3n) is 3.71. The fourth-order valence-electron chi connectivity index (χ4n) is 2.38. The average Bonchev–Trinajstić information content (AvgIpc) is 3.06. The summed E-state index contributed by atoms with van der Waals surface area (Å²) in [5.41, 5.74) is 2.12. The van der Waals surface area contributed by atoms with E-state index >= 15 is 0 Å². The summed E-state index contributed by atoms with van der Waals surface area (Å²) >= 11 is 3.61. The molecule has 0 aliphatic rings. The average molecular weight is 418 g/mol. The first-order valence-corrected chi connectivity index (χ1v) is 9.05. The van der Waals surface area contributed by atoms with E-state index in [1.807, 2.05) is 49.4 Å². The molecule has 26 heavy (non-hydrogen) atoms. The molecule has 0 saturated heterocycles. The Morgan fingerprint density at radius 1 is 1.12 bits per heavy atom. The second-order valence-electron chi connectivity index (χ2n) is 5.58. The Hall–Kier alpha value is -2.61. The lowest BCUT2D eigenvalue weighted by Crippen LogP contribution is -2.07. The third-order valence-corrected chi connectivity index (χ3v) is 4.45. The molecule has 0 saturated carbocycles. The zero-order chi connectivity index (χ0) is 18.4. The van der Waals surface area contributed by atoms with Crippen LogP contribution in [0.3, 0.4) is 0 Å². The number of anilines is 1. The third kappa shape index (κ3) is 4.51. The van der Waals surface area contributed by atoms with Gasteiger partial charge in [0.25, 0.3) is 0 Å². The maximum absolute atomic E-state index is 5.97. The Morgan fingerprint density at radius 2 is 1.88 bits per heavy atom. The number of benzene rings is 2. The number of aryl methyl sites for hydroxylation is 1. The zero-order valence-corrected chi connectivity index (χ0v) is 16.2. The van der Waals surface area contributed by atoms with E-state index in [2.05, 4.69) is 36.8 Å². The highest BCUT2D eigenvalue weighted by Crippen LogP contribution is 2.34. The summed E-state index contributed by atoms with van der Waals surface area (Å²) in [5.74, 6) is 2.01. The largest absolute Gasteiger partial charge is 0.490 e. The lowest BCUT2D eigenvalue weighted by atomic mass is 10.2. The first-order valence-electron chi connectivity index (χ1n) is 8.25. The van der Waals surface area contributed by atoms with Gasteiger partial charge in [0.1, 0.15) is 6.61 Å². The van der Waals surface area contributed by atoms with Crippen LogP contribution in [0.4, 0.5) is 5.95 Å². The van der Waals surface area contributed by atoms with Crippen molar-refractivity contribution < 1.29 is 9.47 Å². The van der Waals surface area contributed by atoms with Gasteiger partial charge in [-0.2, -0.15) is 0 Å². The molecule has 0 amide bonds. The maximum Gasteiger partial charge on any atom is 0.242 e. The van der Waals surface area contributed by atoms with Crippen molar-refractivity contribution in [1.29, 1.82) is 0 Å². The van der Waals surface area contributed by atoms with Gasteiger partial charge in [-0.1, -0.05) is 51.4 Å². The molecule has 1 N–H and O–H groups in total. The van der Waals surface area contributed by atoms with E-state index in [4.69, 9.17) is 9.47 Å². The van der Waals surface area contributed by atoms with Crippen molar-refractivity contribution in [2.75, 3.05) is 11.9 Å². The molecule has 0 fully saturated rings. The predicted octanol–water partition coefficient (Wildman–Crippen LogP) is 3.56. The Labute approximate surface area is 160 Å². The van der Waals surface area contributed by atoms with Gasteiger partial charge < -0.3 is 14.8 Å². The number of hydrogen-bond donors (Lipinski definition) is 1. The number of nitrogens with one attached hydrogen (secondary N) is 1. The summed E-state index contributed by atoms with van der Waals surface area (Å²) in [6, 6.07) is 13.9. The molecule has 0 bridgehead atoms. The van der Waals surface area contributed by atoms with E-state index in [0.717, 1.165) is 15.6 Å². The molecule has 1 heterocycles. The van der Waals surface area contributed by atoms with Gasteiger partial charge in [-0.15, -0.1) is 0 Å². The Bertz CT molecular complexity index is 854. The summed E-state index contributed by atoms with van der Waals surface area (Å²) in [6.07, 6.45) is 0. The van der Waals surface area contributed by atoms with Crippen molar-refractivity contribution in [3.8, 4) is 11.5 Å². The van der Waals surface area contributed by atoms with Crippen LogP contribution in [0.25, 0.3) is 0 Å². The molecule has 3 rings (SSSR count). The van der Waals surface area contributed by atoms with E-state index in [1.165, 1.54) is 0 Å². The number of halogens is 1. The SMILES string of the molecule is CCOc1cc(CNc2nnnn2C)c(Br)cc1OCc1ccccc1. The van der Waals surface area contributed by atoms with Crippen molar-refractivity contribution >= 4 is 21.9 Å². The van der Waals surface area contributed by atoms with Crippen LogP contribution < -0.4 is 14.8 Å². The van der Waals surface area contributed by atoms with Crippen LogP contribution in [0.2, 0.25) is 0 Å². The van der Waals surface area contributed by atoms with Crippen molar-refractivity contribution in [2.45, 2.75) is 20.1 Å². The predicted molar refractivity (Wildman–Crippen MR) is 102 cm³/mol. The quantitative estimate of drug-likeness (QED) is 0.603. The number of nitrogens with zero attached hydrogens (tertiary/aromatic N) is 4. The summed E-state index contributed by atoms with van der Waals surface area (Å²) < 4.78 is 14.2. The molecule has 2 aromatic carbocycles. The summed E-state index contributed by atoms with van der Waals surface area (Å²) in [5, 5.41) is 14.5. The normalized spacial score (nSPS) is 10.6. The minimum absolute atomic E-state index is 0.482. The monoisotopic (exact) mass is 417 g/mol. The van der Waals surface area contributed by atoms with Crippen LogP contribution in [0, 0.1) is 0 Å². The topological polar surface area (TPSA) is 74.1 Å². The van der Waals surface area contributed by atoms with E-state index in [-0.39, 0.29) is 0 Å². The fraction of sp³-hybridized carbons (Fsp3) is 0.278. The molecule has 136 valence electrons. The van der Waals surface area contributed by atoms with Gasteiger partial charge in [0.2, 0.25) is 5.95 Å². The van der Waals surface area contributed by atoms with E-state index in [0.29, 0.717) is 37.2 Å². The molecule has 0 spiro atoms. The van der Waals surface area contributed by atoms with Crippen LogP contribution in [0.5, 0.6) is 11.5 Å². The molecule has 0 aliphatic heterocycles. The van der Waals surface area contributed by atoms with Gasteiger partial charge >= 0.3 is 0 Å². The Morgan fingerprint density at radius 3 is 2.58 bits per heavy atom. The molecular formula is C18H20BrN5O2. The first kappa shape index (κ1) is 18.2. The highest BCUT2D eigenvalue weighted by molar-refractivity contribution is 9.10. The highest BCUT2D eigenvalue weighted by atomic mass is 79.9. The van der Waals surface area contributed by atoms with Crippen molar-refractivity contribution in [1.82, 2.24) is 20.2 Å². The van der Waals surface area contributed by atoms with Crippen molar-refractivity contribution in [2.24, 2.45) is 7.05 Å². The molecule has 3 aromatic rings. The number of ether oxygens (including phenoxy) is 2. The van der Waals surface area contributed by atoms with E-state index < -0.39 is 0 Å². The number of rotatable bonds is 8. The molecule has 0 unspecified atom stereocenters. The van der Waals surface area contributed by atoms with E-state index in [1.54, 1.807) is 11.7 Å². The summed E-state index contributed by atoms with van der Waals surface area (Å²) in [6.45, 7) is 3.54. The first-order chi connectivity index (χ1) is 12.7. The smallest absolute Gasteiger partial charge is 0.242 e. The molecule has 0 aliphatic carbocycles. The number of tetrazole rings is 1. The van der Waals surface area contributed by atoms with Crippen LogP contribution in [0.1, 0.15) is 18.1 Å². The van der Waals surface area contributed by atoms with Gasteiger partial charge in [-0.3, -0.25) is 0 Å². The molecule has 0 radical (unpaired) electrons. The van der Waals surface area contributed by atoms with Gasteiger partial charge in [0.15, 0.2) is 11.5 Å². The van der Waals surface area contributed by atoms with Gasteiger partial charge in [-0.05, 0) is 40.6 Å². The maximum atomic E-state index is 5.97. The van der Waals surface area contributed by atoms with Crippen LogP contribution in [0.15, 0.2) is 46.9 Å². The second kappa shape index (κ2) is 8.66. The van der Waals surface area contributed by atoms with E-state index in [9.17, 15) is 0 Å². The zero-order valence-electron chi connectivity index (χ0n) is 14.6. The summed E-state index contributed by atoms with van der Waals surface area (Å²) in [7, 11) is 1.78. The standard InChI is InChI=1S/C18H20BrN5O2/c1-3-25-16-9-14(11-20-18-21-22-23-24(18)2)15(19)10-17(16)26-12-13-7-5-4-6-8-13/h4-10H,3,11-12H2,1-2H3,(H,20,21,23). The van der Waals surface area contributed by atoms with Gasteiger partial charge in [-0.25, -0.2) is 4.68 Å². The minimum Gasteiger partial charge on any atom is -0.490 e. The van der Waals surface area contributed by atoms with Crippen LogP contribution in [-0.4, -0.2) is 26.8 Å². The second-order valence-corrected chi connectivity index (χ2v) is 6.43. The van der Waals surface area contributed by atoms with Crippen LogP contribution in [-0.2, 0) is 20.2 Å². The Balaban J connectivity index is 1.75. The van der Waals surface area contributed by atoms with Gasteiger partial charge in [0, 0.05) is 18.1 Å².